The normalized spacial score (nSPS) is 10.4. The van der Waals surface area contributed by atoms with E-state index in [4.69, 9.17) is 0 Å². The first-order valence-corrected chi connectivity index (χ1v) is 4.73. The van der Waals surface area contributed by atoms with Crippen LogP contribution in [0.5, 0.6) is 0 Å². The zero-order chi connectivity index (χ0) is 9.68. The van der Waals surface area contributed by atoms with E-state index in [9.17, 15) is 4.79 Å². The molecule has 0 saturated carbocycles. The average Bonchev–Trinajstić information content (AvgIpc) is 2.56. The van der Waals surface area contributed by atoms with Gasteiger partial charge in [0.25, 0.3) is 0 Å². The fourth-order valence-corrected chi connectivity index (χ4v) is 1.60. The molecule has 0 aliphatic heterocycles. The highest BCUT2D eigenvalue weighted by molar-refractivity contribution is 7.09. The molecule has 72 valence electrons. The number of aromatic nitrogens is 1. The van der Waals surface area contributed by atoms with Gasteiger partial charge in [0.05, 0.1) is 19.2 Å². The number of nitrogens with zero attached hydrogens (tertiary/aromatic N) is 2. The molecule has 1 aromatic heterocycles. The maximum Gasteiger partial charge on any atom is 0.319 e. The Morgan fingerprint density at radius 2 is 2.54 bits per heavy atom. The van der Waals surface area contributed by atoms with Crippen molar-refractivity contribution in [2.24, 2.45) is 0 Å². The lowest BCUT2D eigenvalue weighted by Crippen LogP contribution is -2.25. The summed E-state index contributed by atoms with van der Waals surface area (Å²) in [6, 6.07) is 0. The second-order valence-electron chi connectivity index (χ2n) is 2.72. The highest BCUT2D eigenvalue weighted by Gasteiger charge is 2.06. The third kappa shape index (κ3) is 3.52. The quantitative estimate of drug-likeness (QED) is 0.673. The molecule has 0 bridgehead atoms. The molecule has 0 atom stereocenters. The van der Waals surface area contributed by atoms with Crippen LogP contribution in [-0.4, -0.2) is 36.6 Å². The molecule has 4 nitrogen and oxygen atoms in total. The molecule has 0 aliphatic carbocycles. The van der Waals surface area contributed by atoms with Crippen LogP contribution in [0.2, 0.25) is 0 Å². The SMILES string of the molecule is COC(=O)CN(C)Cc1cncs1. The molecule has 0 saturated heterocycles. The number of carbonyl (C=O) groups is 1. The molecule has 1 heterocycles. The van der Waals surface area contributed by atoms with Crippen LogP contribution in [0, 0.1) is 0 Å². The minimum atomic E-state index is -0.216. The van der Waals surface area contributed by atoms with E-state index in [1.165, 1.54) is 7.11 Å². The molecule has 13 heavy (non-hydrogen) atoms. The highest BCUT2D eigenvalue weighted by Crippen LogP contribution is 2.07. The monoisotopic (exact) mass is 200 g/mol. The van der Waals surface area contributed by atoms with Crippen molar-refractivity contribution in [3.05, 3.63) is 16.6 Å². The second-order valence-corrected chi connectivity index (χ2v) is 3.69. The third-order valence-electron chi connectivity index (χ3n) is 1.54. The van der Waals surface area contributed by atoms with E-state index in [2.05, 4.69) is 9.72 Å². The lowest BCUT2D eigenvalue weighted by molar-refractivity contribution is -0.141. The summed E-state index contributed by atoms with van der Waals surface area (Å²) in [6.07, 6.45) is 1.80. The van der Waals surface area contributed by atoms with Gasteiger partial charge in [0.2, 0.25) is 0 Å². The molecule has 0 aromatic carbocycles. The number of ether oxygens (including phenoxy) is 1. The molecule has 0 N–H and O–H groups in total. The molecule has 5 heteroatoms. The van der Waals surface area contributed by atoms with Crippen molar-refractivity contribution < 1.29 is 9.53 Å². The lowest BCUT2D eigenvalue weighted by Gasteiger charge is -2.12. The van der Waals surface area contributed by atoms with Gasteiger partial charge in [-0.25, -0.2) is 0 Å². The Balaban J connectivity index is 2.33. The minimum Gasteiger partial charge on any atom is -0.468 e. The fraction of sp³-hybridized carbons (Fsp3) is 0.500. The van der Waals surface area contributed by atoms with Crippen LogP contribution in [-0.2, 0) is 16.1 Å². The molecule has 1 aromatic rings. The van der Waals surface area contributed by atoms with Crippen molar-refractivity contribution in [3.8, 4) is 0 Å². The topological polar surface area (TPSA) is 42.4 Å². The Bertz CT molecular complexity index is 261. The van der Waals surface area contributed by atoms with Crippen LogP contribution in [0.1, 0.15) is 4.88 Å². The van der Waals surface area contributed by atoms with Crippen molar-refractivity contribution >= 4 is 17.3 Å². The van der Waals surface area contributed by atoms with Crippen molar-refractivity contribution in [2.75, 3.05) is 20.7 Å². The maximum absolute atomic E-state index is 10.9. The summed E-state index contributed by atoms with van der Waals surface area (Å²) in [5, 5.41) is 0. The van der Waals surface area contributed by atoms with Gasteiger partial charge in [0.15, 0.2) is 0 Å². The molecular formula is C8H12N2O2S. The number of carbonyl (C=O) groups excluding carboxylic acids is 1. The van der Waals surface area contributed by atoms with Gasteiger partial charge < -0.3 is 4.74 Å². The summed E-state index contributed by atoms with van der Waals surface area (Å²) < 4.78 is 4.55. The first-order chi connectivity index (χ1) is 6.22. The zero-order valence-corrected chi connectivity index (χ0v) is 8.50. The Morgan fingerprint density at radius 1 is 1.77 bits per heavy atom. The van der Waals surface area contributed by atoms with E-state index >= 15 is 0 Å². The summed E-state index contributed by atoms with van der Waals surface area (Å²) in [7, 11) is 3.26. The largest absolute Gasteiger partial charge is 0.468 e. The molecule has 1 rings (SSSR count). The number of hydrogen-bond donors (Lipinski definition) is 0. The lowest BCUT2D eigenvalue weighted by atomic mass is 10.4. The van der Waals surface area contributed by atoms with Crippen LogP contribution in [0.3, 0.4) is 0 Å². The standard InChI is InChI=1S/C8H12N2O2S/c1-10(5-8(11)12-2)4-7-3-9-6-13-7/h3,6H,4-5H2,1-2H3. The van der Waals surface area contributed by atoms with Gasteiger partial charge in [-0.1, -0.05) is 0 Å². The van der Waals surface area contributed by atoms with Gasteiger partial charge >= 0.3 is 5.97 Å². The summed E-state index contributed by atoms with van der Waals surface area (Å²) in [5.41, 5.74) is 1.78. The van der Waals surface area contributed by atoms with E-state index in [1.807, 2.05) is 11.9 Å². The Kier molecular flexibility index (Phi) is 3.85. The number of hydrogen-bond acceptors (Lipinski definition) is 5. The van der Waals surface area contributed by atoms with E-state index < -0.39 is 0 Å². The third-order valence-corrected chi connectivity index (χ3v) is 2.30. The van der Waals surface area contributed by atoms with Crippen molar-refractivity contribution in [1.29, 1.82) is 0 Å². The van der Waals surface area contributed by atoms with Gasteiger partial charge in [-0.15, -0.1) is 11.3 Å². The molecule has 0 unspecified atom stereocenters. The van der Waals surface area contributed by atoms with Crippen LogP contribution in [0.15, 0.2) is 11.7 Å². The molecule has 0 fully saturated rings. The number of rotatable bonds is 4. The Morgan fingerprint density at radius 3 is 3.08 bits per heavy atom. The first-order valence-electron chi connectivity index (χ1n) is 3.85. The van der Waals surface area contributed by atoms with Crippen molar-refractivity contribution in [1.82, 2.24) is 9.88 Å². The van der Waals surface area contributed by atoms with Crippen LogP contribution in [0.4, 0.5) is 0 Å². The van der Waals surface area contributed by atoms with Gasteiger partial charge in [-0.05, 0) is 7.05 Å². The summed E-state index contributed by atoms with van der Waals surface area (Å²) in [5.74, 6) is -0.216. The average molecular weight is 200 g/mol. The Hall–Kier alpha value is -0.940. The van der Waals surface area contributed by atoms with Crippen LogP contribution >= 0.6 is 11.3 Å². The van der Waals surface area contributed by atoms with Crippen LogP contribution < -0.4 is 0 Å². The summed E-state index contributed by atoms with van der Waals surface area (Å²) >= 11 is 1.58. The minimum absolute atomic E-state index is 0.216. The van der Waals surface area contributed by atoms with Gasteiger partial charge in [0.1, 0.15) is 0 Å². The first kappa shape index (κ1) is 10.1. The van der Waals surface area contributed by atoms with Gasteiger partial charge in [-0.3, -0.25) is 14.7 Å². The van der Waals surface area contributed by atoms with E-state index in [0.717, 1.165) is 11.4 Å². The number of likely N-dealkylation sites (N-methyl/N-ethyl adjacent to an activating group) is 1. The highest BCUT2D eigenvalue weighted by atomic mass is 32.1. The van der Waals surface area contributed by atoms with Crippen molar-refractivity contribution in [3.63, 3.8) is 0 Å². The predicted octanol–water partition coefficient (Wildman–Crippen LogP) is 0.748. The van der Waals surface area contributed by atoms with Crippen molar-refractivity contribution in [2.45, 2.75) is 6.54 Å². The maximum atomic E-state index is 10.9. The zero-order valence-electron chi connectivity index (χ0n) is 7.69. The molecule has 0 spiro atoms. The van der Waals surface area contributed by atoms with Crippen LogP contribution in [0.25, 0.3) is 0 Å². The Labute approximate surface area is 81.2 Å². The second kappa shape index (κ2) is 4.94. The fourth-order valence-electron chi connectivity index (χ4n) is 0.927. The molecule has 0 radical (unpaired) electrons. The van der Waals surface area contributed by atoms with E-state index in [1.54, 1.807) is 23.0 Å². The predicted molar refractivity (Wildman–Crippen MR) is 50.5 cm³/mol. The number of methoxy groups -OCH3 is 1. The summed E-state index contributed by atoms with van der Waals surface area (Å²) in [6.45, 7) is 1.05. The van der Waals surface area contributed by atoms with E-state index in [-0.39, 0.29) is 5.97 Å². The van der Waals surface area contributed by atoms with Gasteiger partial charge in [-0.2, -0.15) is 0 Å². The van der Waals surface area contributed by atoms with Gasteiger partial charge in [0, 0.05) is 17.6 Å². The molecular weight excluding hydrogens is 188 g/mol. The summed E-state index contributed by atoms with van der Waals surface area (Å²) in [4.78, 5) is 17.9. The van der Waals surface area contributed by atoms with E-state index in [0.29, 0.717) is 6.54 Å². The number of esters is 1. The number of thiazole rings is 1. The molecule has 0 amide bonds. The smallest absolute Gasteiger partial charge is 0.319 e. The molecule has 0 aliphatic rings.